The van der Waals surface area contributed by atoms with Gasteiger partial charge in [0.15, 0.2) is 0 Å². The van der Waals surface area contributed by atoms with E-state index >= 15 is 0 Å². The third-order valence-corrected chi connectivity index (χ3v) is 2.36. The van der Waals surface area contributed by atoms with Gasteiger partial charge in [-0.1, -0.05) is 15.9 Å². The number of carbonyl (C=O) groups is 1. The van der Waals surface area contributed by atoms with Gasteiger partial charge in [0, 0.05) is 4.47 Å². The van der Waals surface area contributed by atoms with Crippen molar-refractivity contribution in [2.24, 2.45) is 0 Å². The van der Waals surface area contributed by atoms with Crippen LogP contribution >= 0.6 is 15.9 Å². The first-order chi connectivity index (χ1) is 5.52. The van der Waals surface area contributed by atoms with Crippen molar-refractivity contribution in [2.75, 3.05) is 0 Å². The SMILES string of the molecule is Cc1cc(C(=O)O)c(O)cc1Br. The highest BCUT2D eigenvalue weighted by Gasteiger charge is 2.10. The average Bonchev–Trinajstić information content (AvgIpc) is 1.96. The van der Waals surface area contributed by atoms with Crippen molar-refractivity contribution in [1.82, 2.24) is 0 Å². The molecular weight excluding hydrogens is 224 g/mol. The van der Waals surface area contributed by atoms with Crippen molar-refractivity contribution in [3.8, 4) is 5.75 Å². The summed E-state index contributed by atoms with van der Waals surface area (Å²) < 4.78 is 0.699. The molecule has 3 nitrogen and oxygen atoms in total. The number of aromatic carboxylic acids is 1. The largest absolute Gasteiger partial charge is 0.507 e. The molecule has 0 aliphatic carbocycles. The Labute approximate surface area is 77.8 Å². The Hall–Kier alpha value is -1.03. The summed E-state index contributed by atoms with van der Waals surface area (Å²) in [5, 5.41) is 17.8. The highest BCUT2D eigenvalue weighted by atomic mass is 79.9. The highest BCUT2D eigenvalue weighted by molar-refractivity contribution is 9.10. The molecule has 0 bridgehead atoms. The number of halogens is 1. The molecule has 0 fully saturated rings. The molecule has 1 rings (SSSR count). The fraction of sp³-hybridized carbons (Fsp3) is 0.125. The molecule has 0 atom stereocenters. The lowest BCUT2D eigenvalue weighted by Crippen LogP contribution is -1.97. The van der Waals surface area contributed by atoms with Crippen LogP contribution in [-0.4, -0.2) is 16.2 Å². The lowest BCUT2D eigenvalue weighted by atomic mass is 10.1. The van der Waals surface area contributed by atoms with Gasteiger partial charge < -0.3 is 10.2 Å². The van der Waals surface area contributed by atoms with Gasteiger partial charge in [0.2, 0.25) is 0 Å². The standard InChI is InChI=1S/C8H7BrO3/c1-4-2-5(8(11)12)7(10)3-6(4)9/h2-3,10H,1H3,(H,11,12). The summed E-state index contributed by atoms with van der Waals surface area (Å²) in [5.74, 6) is -1.34. The predicted molar refractivity (Wildman–Crippen MR) is 47.5 cm³/mol. The van der Waals surface area contributed by atoms with Crippen LogP contribution in [0.15, 0.2) is 16.6 Å². The zero-order valence-corrected chi connectivity index (χ0v) is 7.92. The third kappa shape index (κ3) is 1.58. The van der Waals surface area contributed by atoms with Gasteiger partial charge in [-0.05, 0) is 24.6 Å². The lowest BCUT2D eigenvalue weighted by molar-refractivity contribution is 0.0693. The summed E-state index contributed by atoms with van der Waals surface area (Å²) in [6, 6.07) is 2.79. The maximum absolute atomic E-state index is 10.5. The minimum atomic E-state index is -1.12. The zero-order chi connectivity index (χ0) is 9.30. The normalized spacial score (nSPS) is 9.83. The Kier molecular flexibility index (Phi) is 2.38. The summed E-state index contributed by atoms with van der Waals surface area (Å²) in [5.41, 5.74) is 0.709. The number of hydrogen-bond acceptors (Lipinski definition) is 2. The number of aromatic hydroxyl groups is 1. The van der Waals surface area contributed by atoms with Crippen LogP contribution < -0.4 is 0 Å². The second kappa shape index (κ2) is 3.15. The van der Waals surface area contributed by atoms with E-state index in [1.165, 1.54) is 12.1 Å². The Morgan fingerprint density at radius 1 is 1.50 bits per heavy atom. The number of rotatable bonds is 1. The molecule has 0 spiro atoms. The molecule has 4 heteroatoms. The smallest absolute Gasteiger partial charge is 0.339 e. The minimum absolute atomic E-state index is 0.0734. The van der Waals surface area contributed by atoms with Crippen LogP contribution in [0.1, 0.15) is 15.9 Å². The molecule has 1 aromatic carbocycles. The predicted octanol–water partition coefficient (Wildman–Crippen LogP) is 2.16. The molecule has 0 saturated heterocycles. The maximum Gasteiger partial charge on any atom is 0.339 e. The molecule has 0 radical (unpaired) electrons. The van der Waals surface area contributed by atoms with Gasteiger partial charge in [-0.25, -0.2) is 4.79 Å². The van der Waals surface area contributed by atoms with Crippen LogP contribution in [0.5, 0.6) is 5.75 Å². The molecule has 12 heavy (non-hydrogen) atoms. The zero-order valence-electron chi connectivity index (χ0n) is 6.34. The van der Waals surface area contributed by atoms with E-state index in [-0.39, 0.29) is 11.3 Å². The topological polar surface area (TPSA) is 57.5 Å². The van der Waals surface area contributed by atoms with Gasteiger partial charge in [0.1, 0.15) is 11.3 Å². The van der Waals surface area contributed by atoms with Gasteiger partial charge in [0.05, 0.1) is 0 Å². The van der Waals surface area contributed by atoms with Crippen LogP contribution in [0.3, 0.4) is 0 Å². The molecule has 0 aliphatic rings. The Balaban J connectivity index is 3.33. The van der Waals surface area contributed by atoms with Crippen LogP contribution in [0.2, 0.25) is 0 Å². The Bertz CT molecular complexity index is 333. The Morgan fingerprint density at radius 3 is 2.58 bits per heavy atom. The van der Waals surface area contributed by atoms with Gasteiger partial charge in [-0.15, -0.1) is 0 Å². The second-order valence-electron chi connectivity index (χ2n) is 2.42. The minimum Gasteiger partial charge on any atom is -0.507 e. The molecule has 0 unspecified atom stereocenters. The molecule has 2 N–H and O–H groups in total. The molecule has 0 aromatic heterocycles. The van der Waals surface area contributed by atoms with E-state index in [0.717, 1.165) is 5.56 Å². The third-order valence-electron chi connectivity index (χ3n) is 1.51. The molecule has 1 aromatic rings. The van der Waals surface area contributed by atoms with E-state index in [2.05, 4.69) is 15.9 Å². The molecule has 0 aliphatic heterocycles. The second-order valence-corrected chi connectivity index (χ2v) is 3.28. The summed E-state index contributed by atoms with van der Waals surface area (Å²) in [7, 11) is 0. The number of phenols is 1. The van der Waals surface area contributed by atoms with E-state index in [9.17, 15) is 9.90 Å². The number of carboxylic acids is 1. The van der Waals surface area contributed by atoms with Crippen molar-refractivity contribution >= 4 is 21.9 Å². The van der Waals surface area contributed by atoms with E-state index < -0.39 is 5.97 Å². The van der Waals surface area contributed by atoms with E-state index in [4.69, 9.17) is 5.11 Å². The van der Waals surface area contributed by atoms with Crippen LogP contribution in [0, 0.1) is 6.92 Å². The molecule has 0 amide bonds. The molecule has 0 saturated carbocycles. The molecule has 0 heterocycles. The van der Waals surface area contributed by atoms with Gasteiger partial charge in [0.25, 0.3) is 0 Å². The van der Waals surface area contributed by atoms with Crippen molar-refractivity contribution < 1.29 is 15.0 Å². The van der Waals surface area contributed by atoms with Crippen LogP contribution in [0.25, 0.3) is 0 Å². The van der Waals surface area contributed by atoms with Gasteiger partial charge >= 0.3 is 5.97 Å². The first-order valence-electron chi connectivity index (χ1n) is 3.25. The van der Waals surface area contributed by atoms with Crippen LogP contribution in [0.4, 0.5) is 0 Å². The lowest BCUT2D eigenvalue weighted by Gasteiger charge is -2.02. The summed E-state index contributed by atoms with van der Waals surface area (Å²) in [4.78, 5) is 10.5. The fourth-order valence-electron chi connectivity index (χ4n) is 0.842. The maximum atomic E-state index is 10.5. The van der Waals surface area contributed by atoms with Crippen LogP contribution in [-0.2, 0) is 0 Å². The van der Waals surface area contributed by atoms with Gasteiger partial charge in [-0.2, -0.15) is 0 Å². The fourth-order valence-corrected chi connectivity index (χ4v) is 1.17. The number of benzene rings is 1. The van der Waals surface area contributed by atoms with Crippen molar-refractivity contribution in [2.45, 2.75) is 6.92 Å². The number of hydrogen-bond donors (Lipinski definition) is 2. The highest BCUT2D eigenvalue weighted by Crippen LogP contribution is 2.25. The monoisotopic (exact) mass is 230 g/mol. The molecule has 64 valence electrons. The first kappa shape index (κ1) is 9.06. The average molecular weight is 231 g/mol. The van der Waals surface area contributed by atoms with E-state index in [1.807, 2.05) is 0 Å². The van der Waals surface area contributed by atoms with Crippen molar-refractivity contribution in [1.29, 1.82) is 0 Å². The van der Waals surface area contributed by atoms with Crippen molar-refractivity contribution in [3.05, 3.63) is 27.7 Å². The summed E-state index contributed by atoms with van der Waals surface area (Å²) in [6.45, 7) is 1.76. The quantitative estimate of drug-likeness (QED) is 0.778. The first-order valence-corrected chi connectivity index (χ1v) is 4.04. The summed E-state index contributed by atoms with van der Waals surface area (Å²) >= 11 is 3.18. The number of carboxylic acid groups (broad SMARTS) is 1. The van der Waals surface area contributed by atoms with E-state index in [1.54, 1.807) is 6.92 Å². The number of aryl methyl sites for hydroxylation is 1. The summed E-state index contributed by atoms with van der Waals surface area (Å²) in [6.07, 6.45) is 0. The van der Waals surface area contributed by atoms with Crippen molar-refractivity contribution in [3.63, 3.8) is 0 Å². The van der Waals surface area contributed by atoms with Gasteiger partial charge in [-0.3, -0.25) is 0 Å². The molecular formula is C8H7BrO3. The van der Waals surface area contributed by atoms with E-state index in [0.29, 0.717) is 4.47 Å². The Morgan fingerprint density at radius 2 is 2.08 bits per heavy atom.